The van der Waals surface area contributed by atoms with E-state index in [1.165, 1.54) is 7.11 Å². The summed E-state index contributed by atoms with van der Waals surface area (Å²) >= 11 is 0. The third-order valence-corrected chi connectivity index (χ3v) is 5.62. The lowest BCUT2D eigenvalue weighted by molar-refractivity contribution is -0.150. The molecule has 7 nitrogen and oxygen atoms in total. The molecule has 7 heteroatoms. The fraction of sp³-hybridized carbons (Fsp3) is 0.409. The van der Waals surface area contributed by atoms with Crippen LogP contribution in [0.25, 0.3) is 11.1 Å². The number of methoxy groups -OCH3 is 4. The molecular formula is C22H24O7. The van der Waals surface area contributed by atoms with Crippen molar-refractivity contribution in [3.8, 4) is 34.1 Å². The second kappa shape index (κ2) is 7.83. The molecule has 1 heterocycles. The molecule has 2 aliphatic rings. The molecule has 0 aromatic heterocycles. The van der Waals surface area contributed by atoms with Gasteiger partial charge in [0.2, 0.25) is 6.79 Å². The molecule has 0 saturated carbocycles. The highest BCUT2D eigenvalue weighted by molar-refractivity contribution is 5.83. The molecule has 1 aliphatic heterocycles. The maximum Gasteiger partial charge on any atom is 0.311 e. The van der Waals surface area contributed by atoms with Gasteiger partial charge in [-0.15, -0.1) is 0 Å². The number of esters is 1. The smallest absolute Gasteiger partial charge is 0.311 e. The molecule has 0 saturated heterocycles. The second-order valence-electron chi connectivity index (χ2n) is 7.01. The van der Waals surface area contributed by atoms with Crippen LogP contribution >= 0.6 is 0 Å². The Morgan fingerprint density at radius 1 is 0.966 bits per heavy atom. The first-order valence-electron chi connectivity index (χ1n) is 9.38. The summed E-state index contributed by atoms with van der Waals surface area (Å²) in [7, 11) is 6.23. The van der Waals surface area contributed by atoms with Crippen LogP contribution in [0.1, 0.15) is 11.1 Å². The van der Waals surface area contributed by atoms with Crippen molar-refractivity contribution in [2.75, 3.05) is 35.2 Å². The third-order valence-electron chi connectivity index (χ3n) is 5.62. The molecular weight excluding hydrogens is 376 g/mol. The molecule has 29 heavy (non-hydrogen) atoms. The number of ether oxygens (including phenoxy) is 6. The van der Waals surface area contributed by atoms with Gasteiger partial charge in [0.25, 0.3) is 0 Å². The number of hydrogen-bond acceptors (Lipinski definition) is 7. The largest absolute Gasteiger partial charge is 0.493 e. The van der Waals surface area contributed by atoms with Gasteiger partial charge in [0.1, 0.15) is 0 Å². The summed E-state index contributed by atoms with van der Waals surface area (Å²) in [6.07, 6.45) is 0.624. The number of hydrogen-bond donors (Lipinski definition) is 0. The van der Waals surface area contributed by atoms with E-state index in [1.54, 1.807) is 21.3 Å². The van der Waals surface area contributed by atoms with Gasteiger partial charge in [0.05, 0.1) is 33.4 Å². The molecule has 2 atom stereocenters. The van der Waals surface area contributed by atoms with Crippen LogP contribution in [0.2, 0.25) is 0 Å². The summed E-state index contributed by atoms with van der Waals surface area (Å²) in [4.78, 5) is 12.6. The van der Waals surface area contributed by atoms with Gasteiger partial charge in [-0.2, -0.15) is 0 Å². The number of benzene rings is 2. The summed E-state index contributed by atoms with van der Waals surface area (Å²) in [5, 5.41) is 0. The highest BCUT2D eigenvalue weighted by Crippen LogP contribution is 2.48. The molecule has 4 rings (SSSR count). The van der Waals surface area contributed by atoms with Crippen molar-refractivity contribution in [1.82, 2.24) is 0 Å². The minimum absolute atomic E-state index is 0.179. The standard InChI is InChI=1S/C22H24O7/c1-24-16-6-5-12-7-15(22(23)27-4)17(25-2)8-13-9-18-19(29-11-28-18)10-14(13)20(12)21(16)26-3/h5-6,9-10,15,17H,7-8,11H2,1-4H3/t15-,17+/m0/s1. The predicted octanol–water partition coefficient (Wildman–Crippen LogP) is 3.00. The lowest BCUT2D eigenvalue weighted by atomic mass is 9.80. The van der Waals surface area contributed by atoms with Crippen LogP contribution in [0.3, 0.4) is 0 Å². The summed E-state index contributed by atoms with van der Waals surface area (Å²) in [5.74, 6) is 1.83. The Balaban J connectivity index is 1.99. The highest BCUT2D eigenvalue weighted by atomic mass is 16.7. The maximum atomic E-state index is 12.6. The van der Waals surface area contributed by atoms with E-state index in [4.69, 9.17) is 28.4 Å². The van der Waals surface area contributed by atoms with Gasteiger partial charge in [0.15, 0.2) is 23.0 Å². The first-order valence-corrected chi connectivity index (χ1v) is 9.38. The highest BCUT2D eigenvalue weighted by Gasteiger charge is 2.35. The van der Waals surface area contributed by atoms with E-state index in [2.05, 4.69) is 0 Å². The van der Waals surface area contributed by atoms with Gasteiger partial charge in [0, 0.05) is 19.1 Å². The Hall–Kier alpha value is -2.93. The summed E-state index contributed by atoms with van der Waals surface area (Å²) < 4.78 is 33.3. The summed E-state index contributed by atoms with van der Waals surface area (Å²) in [6.45, 7) is 0.179. The fourth-order valence-corrected chi connectivity index (χ4v) is 4.18. The zero-order chi connectivity index (χ0) is 20.5. The van der Waals surface area contributed by atoms with E-state index in [1.807, 2.05) is 24.3 Å². The molecule has 0 fully saturated rings. The van der Waals surface area contributed by atoms with Gasteiger partial charge < -0.3 is 28.4 Å². The molecule has 154 valence electrons. The Morgan fingerprint density at radius 2 is 1.72 bits per heavy atom. The topological polar surface area (TPSA) is 72.5 Å². The predicted molar refractivity (Wildman–Crippen MR) is 105 cm³/mol. The lowest BCUT2D eigenvalue weighted by Gasteiger charge is -2.30. The van der Waals surface area contributed by atoms with Crippen molar-refractivity contribution in [3.05, 3.63) is 35.4 Å². The number of carbonyl (C=O) groups excluding carboxylic acids is 1. The summed E-state index contributed by atoms with van der Waals surface area (Å²) in [6, 6.07) is 7.72. The fourth-order valence-electron chi connectivity index (χ4n) is 4.18. The van der Waals surface area contributed by atoms with Crippen LogP contribution in [0, 0.1) is 5.92 Å². The monoisotopic (exact) mass is 400 g/mol. The van der Waals surface area contributed by atoms with Crippen LogP contribution in [0.4, 0.5) is 0 Å². The van der Waals surface area contributed by atoms with Crippen LogP contribution in [0.15, 0.2) is 24.3 Å². The molecule has 0 unspecified atom stereocenters. The third kappa shape index (κ3) is 3.25. The van der Waals surface area contributed by atoms with Crippen LogP contribution in [0.5, 0.6) is 23.0 Å². The minimum Gasteiger partial charge on any atom is -0.493 e. The quantitative estimate of drug-likeness (QED) is 0.731. The molecule has 0 bridgehead atoms. The number of carbonyl (C=O) groups is 1. The van der Waals surface area contributed by atoms with Gasteiger partial charge in [-0.05, 0) is 41.3 Å². The molecule has 0 amide bonds. The van der Waals surface area contributed by atoms with Gasteiger partial charge in [-0.1, -0.05) is 6.07 Å². The molecule has 0 spiro atoms. The summed E-state index contributed by atoms with van der Waals surface area (Å²) in [5.41, 5.74) is 3.75. The molecule has 2 aromatic rings. The van der Waals surface area contributed by atoms with Crippen molar-refractivity contribution >= 4 is 5.97 Å². The Bertz CT molecular complexity index is 937. The first kappa shape index (κ1) is 19.4. The van der Waals surface area contributed by atoms with Crippen LogP contribution in [-0.2, 0) is 27.1 Å². The van der Waals surface area contributed by atoms with Crippen molar-refractivity contribution in [2.24, 2.45) is 5.92 Å². The van der Waals surface area contributed by atoms with E-state index < -0.39 is 5.92 Å². The first-order chi connectivity index (χ1) is 14.1. The Kier molecular flexibility index (Phi) is 5.24. The Labute approximate surface area is 169 Å². The van der Waals surface area contributed by atoms with Gasteiger partial charge in [-0.25, -0.2) is 0 Å². The molecule has 0 N–H and O–H groups in total. The average molecular weight is 400 g/mol. The normalized spacial score (nSPS) is 19.4. The number of rotatable bonds is 4. The van der Waals surface area contributed by atoms with E-state index in [9.17, 15) is 4.79 Å². The van der Waals surface area contributed by atoms with Crippen LogP contribution < -0.4 is 18.9 Å². The van der Waals surface area contributed by atoms with E-state index in [0.717, 1.165) is 22.3 Å². The Morgan fingerprint density at radius 3 is 2.38 bits per heavy atom. The average Bonchev–Trinajstić information content (AvgIpc) is 3.20. The van der Waals surface area contributed by atoms with Crippen molar-refractivity contribution in [1.29, 1.82) is 0 Å². The van der Waals surface area contributed by atoms with Crippen molar-refractivity contribution < 1.29 is 33.2 Å². The van der Waals surface area contributed by atoms with E-state index in [-0.39, 0.29) is 18.9 Å². The SMILES string of the molecule is COC(=O)[C@H]1Cc2ccc(OC)c(OC)c2-c2cc3c(cc2C[C@H]1OC)OCO3. The van der Waals surface area contributed by atoms with Gasteiger partial charge in [-0.3, -0.25) is 4.79 Å². The van der Waals surface area contributed by atoms with Crippen molar-refractivity contribution in [2.45, 2.75) is 18.9 Å². The second-order valence-corrected chi connectivity index (χ2v) is 7.01. The molecule has 0 radical (unpaired) electrons. The lowest BCUT2D eigenvalue weighted by Crippen LogP contribution is -2.35. The van der Waals surface area contributed by atoms with E-state index in [0.29, 0.717) is 35.8 Å². The minimum atomic E-state index is -0.458. The number of fused-ring (bicyclic) bond motifs is 4. The van der Waals surface area contributed by atoms with Crippen molar-refractivity contribution in [3.63, 3.8) is 0 Å². The molecule has 1 aliphatic carbocycles. The maximum absolute atomic E-state index is 12.6. The zero-order valence-corrected chi connectivity index (χ0v) is 16.9. The van der Waals surface area contributed by atoms with Gasteiger partial charge >= 0.3 is 5.97 Å². The van der Waals surface area contributed by atoms with Crippen LogP contribution in [-0.4, -0.2) is 47.3 Å². The zero-order valence-electron chi connectivity index (χ0n) is 16.9. The van der Waals surface area contributed by atoms with E-state index >= 15 is 0 Å². The molecule has 2 aromatic carbocycles.